The van der Waals surface area contributed by atoms with Crippen molar-refractivity contribution >= 4 is 18.1 Å². The number of aliphatic hydroxyl groups excluding tert-OH is 2. The lowest BCUT2D eigenvalue weighted by molar-refractivity contribution is -0.146. The highest BCUT2D eigenvalue weighted by molar-refractivity contribution is 5.96. The molecule has 5 atom stereocenters. The van der Waals surface area contributed by atoms with E-state index in [2.05, 4.69) is 5.32 Å². The number of fused-ring (bicyclic) bond motifs is 3. The van der Waals surface area contributed by atoms with Crippen molar-refractivity contribution in [2.24, 2.45) is 0 Å². The maximum Gasteiger partial charge on any atom is 0.252 e. The van der Waals surface area contributed by atoms with Crippen LogP contribution in [0.1, 0.15) is 40.2 Å². The van der Waals surface area contributed by atoms with E-state index in [0.29, 0.717) is 54.6 Å². The number of rotatable bonds is 10. The number of carbonyl (C=O) groups is 3. The summed E-state index contributed by atoms with van der Waals surface area (Å²) in [4.78, 5) is 40.3. The van der Waals surface area contributed by atoms with Crippen LogP contribution in [0.2, 0.25) is 0 Å². The van der Waals surface area contributed by atoms with Crippen molar-refractivity contribution in [2.45, 2.75) is 49.5 Å². The molecule has 41 heavy (non-hydrogen) atoms. The second-order valence-corrected chi connectivity index (χ2v) is 10.3. The zero-order chi connectivity index (χ0) is 29.1. The topological polar surface area (TPSA) is 135 Å². The number of aliphatic hydroxyl groups is 2. The molecule has 11 heteroatoms. The van der Waals surface area contributed by atoms with Crippen molar-refractivity contribution in [2.75, 3.05) is 33.4 Å². The van der Waals surface area contributed by atoms with Gasteiger partial charge < -0.3 is 34.6 Å². The summed E-state index contributed by atoms with van der Waals surface area (Å²) < 4.78 is 31.2. The number of halogens is 1. The Bertz CT molecular complexity index is 1340. The number of ether oxygens (including phenoxy) is 3. The van der Waals surface area contributed by atoms with Gasteiger partial charge in [0.05, 0.1) is 25.7 Å². The highest BCUT2D eigenvalue weighted by atomic mass is 19.1. The Morgan fingerprint density at radius 1 is 1.27 bits per heavy atom. The van der Waals surface area contributed by atoms with Gasteiger partial charge in [-0.25, -0.2) is 4.39 Å². The SMILES string of the molecule is COc1cc(C=O)cc2c1O[C@@H]1[C@@H](O)[C@H](N(CCc3cccc(F)c3)C(=O)C3CCCO3)C=C(C(=O)NCCO)[C@H]21. The first-order valence-corrected chi connectivity index (χ1v) is 13.7. The molecular formula is C30H33FN2O8. The molecule has 2 aliphatic heterocycles. The van der Waals surface area contributed by atoms with Crippen LogP contribution in [0.25, 0.3) is 0 Å². The number of aldehydes is 1. The van der Waals surface area contributed by atoms with Crippen LogP contribution in [0.3, 0.4) is 0 Å². The van der Waals surface area contributed by atoms with E-state index in [0.717, 1.165) is 0 Å². The molecular weight excluding hydrogens is 535 g/mol. The molecule has 2 aromatic rings. The normalized spacial score (nSPS) is 24.5. The minimum absolute atomic E-state index is 0.00960. The monoisotopic (exact) mass is 568 g/mol. The maximum atomic E-state index is 13.9. The lowest BCUT2D eigenvalue weighted by atomic mass is 9.77. The molecule has 218 valence electrons. The van der Waals surface area contributed by atoms with Crippen molar-refractivity contribution in [1.82, 2.24) is 10.2 Å². The zero-order valence-corrected chi connectivity index (χ0v) is 22.6. The zero-order valence-electron chi connectivity index (χ0n) is 22.6. The lowest BCUT2D eigenvalue weighted by Crippen LogP contribution is -2.57. The number of nitrogens with zero attached hydrogens (tertiary/aromatic N) is 1. The molecule has 1 fully saturated rings. The molecule has 2 aromatic carbocycles. The molecule has 0 aromatic heterocycles. The molecule has 3 aliphatic rings. The Labute approximate surface area is 236 Å². The number of hydrogen-bond donors (Lipinski definition) is 3. The van der Waals surface area contributed by atoms with Crippen LogP contribution in [0.15, 0.2) is 48.0 Å². The van der Waals surface area contributed by atoms with E-state index in [9.17, 15) is 29.0 Å². The van der Waals surface area contributed by atoms with Crippen LogP contribution >= 0.6 is 0 Å². The third-order valence-electron chi connectivity index (χ3n) is 7.79. The average molecular weight is 569 g/mol. The first-order valence-electron chi connectivity index (χ1n) is 13.7. The van der Waals surface area contributed by atoms with Gasteiger partial charge in [-0.15, -0.1) is 0 Å². The van der Waals surface area contributed by atoms with Crippen LogP contribution < -0.4 is 14.8 Å². The van der Waals surface area contributed by atoms with Crippen molar-refractivity contribution < 1.29 is 43.2 Å². The van der Waals surface area contributed by atoms with E-state index in [-0.39, 0.29) is 36.9 Å². The van der Waals surface area contributed by atoms with Crippen LogP contribution in [0.5, 0.6) is 11.5 Å². The van der Waals surface area contributed by atoms with Gasteiger partial charge in [-0.2, -0.15) is 0 Å². The highest BCUT2D eigenvalue weighted by Gasteiger charge is 2.52. The largest absolute Gasteiger partial charge is 0.493 e. The Kier molecular flexibility index (Phi) is 8.67. The number of benzene rings is 2. The van der Waals surface area contributed by atoms with Gasteiger partial charge in [-0.1, -0.05) is 12.1 Å². The Balaban J connectivity index is 1.56. The van der Waals surface area contributed by atoms with Crippen molar-refractivity contribution in [3.63, 3.8) is 0 Å². The van der Waals surface area contributed by atoms with Gasteiger partial charge in [-0.3, -0.25) is 14.4 Å². The summed E-state index contributed by atoms with van der Waals surface area (Å²) in [5.74, 6) is -1.45. The fourth-order valence-corrected chi connectivity index (χ4v) is 5.86. The van der Waals surface area contributed by atoms with Gasteiger partial charge in [-0.05, 0) is 55.2 Å². The van der Waals surface area contributed by atoms with E-state index in [1.165, 1.54) is 30.2 Å². The predicted molar refractivity (Wildman–Crippen MR) is 144 cm³/mol. The molecule has 1 saturated heterocycles. The van der Waals surface area contributed by atoms with Gasteiger partial charge in [0.1, 0.15) is 30.4 Å². The molecule has 0 radical (unpaired) electrons. The fraction of sp³-hybridized carbons (Fsp3) is 0.433. The number of methoxy groups -OCH3 is 1. The van der Waals surface area contributed by atoms with Crippen molar-refractivity contribution in [1.29, 1.82) is 0 Å². The molecule has 2 amide bonds. The van der Waals surface area contributed by atoms with E-state index in [1.807, 2.05) is 0 Å². The number of nitrogens with one attached hydrogen (secondary N) is 1. The third kappa shape index (κ3) is 5.70. The minimum Gasteiger partial charge on any atom is -0.493 e. The molecule has 1 unspecified atom stereocenters. The Morgan fingerprint density at radius 3 is 2.78 bits per heavy atom. The molecule has 10 nitrogen and oxygen atoms in total. The van der Waals surface area contributed by atoms with Gasteiger partial charge in [0.25, 0.3) is 5.91 Å². The molecule has 0 spiro atoms. The summed E-state index contributed by atoms with van der Waals surface area (Å²) >= 11 is 0. The van der Waals surface area contributed by atoms with Crippen molar-refractivity contribution in [3.05, 3.63) is 70.6 Å². The van der Waals surface area contributed by atoms with Crippen LogP contribution in [-0.4, -0.2) is 91.0 Å². The van der Waals surface area contributed by atoms with E-state index in [4.69, 9.17) is 14.2 Å². The van der Waals surface area contributed by atoms with Gasteiger partial charge in [0, 0.05) is 36.4 Å². The lowest BCUT2D eigenvalue weighted by Gasteiger charge is -2.41. The predicted octanol–water partition coefficient (Wildman–Crippen LogP) is 1.52. The Hall–Kier alpha value is -3.80. The second kappa shape index (κ2) is 12.4. The van der Waals surface area contributed by atoms with E-state index >= 15 is 0 Å². The summed E-state index contributed by atoms with van der Waals surface area (Å²) in [5, 5.41) is 23.7. The molecule has 5 rings (SSSR count). The highest BCUT2D eigenvalue weighted by Crippen LogP contribution is 2.51. The van der Waals surface area contributed by atoms with Crippen LogP contribution in [0, 0.1) is 5.82 Å². The van der Waals surface area contributed by atoms with Gasteiger partial charge >= 0.3 is 0 Å². The molecule has 2 heterocycles. The number of carbonyl (C=O) groups excluding carboxylic acids is 3. The summed E-state index contributed by atoms with van der Waals surface area (Å²) in [6, 6.07) is 8.18. The fourth-order valence-electron chi connectivity index (χ4n) is 5.86. The summed E-state index contributed by atoms with van der Waals surface area (Å²) in [5.41, 5.74) is 1.69. The minimum atomic E-state index is -1.27. The summed E-state index contributed by atoms with van der Waals surface area (Å²) in [6.07, 6.45) is 0.773. The second-order valence-electron chi connectivity index (χ2n) is 10.3. The van der Waals surface area contributed by atoms with Crippen LogP contribution in [0.4, 0.5) is 4.39 Å². The molecule has 1 aliphatic carbocycles. The van der Waals surface area contributed by atoms with Gasteiger partial charge in [0.15, 0.2) is 11.5 Å². The summed E-state index contributed by atoms with van der Waals surface area (Å²) in [6.45, 7) is 0.264. The van der Waals surface area contributed by atoms with E-state index < -0.39 is 42.0 Å². The third-order valence-corrected chi connectivity index (χ3v) is 7.79. The number of hydrogen-bond acceptors (Lipinski definition) is 8. The first kappa shape index (κ1) is 28.7. The maximum absolute atomic E-state index is 13.9. The van der Waals surface area contributed by atoms with E-state index in [1.54, 1.807) is 24.3 Å². The standard InChI is InChI=1S/C30H33FN2O8/c1-39-24-14-18(16-35)13-20-25-21(29(37)32-8-10-34)15-22(26(36)28(25)41-27(20)24)33(30(38)23-6-3-11-40-23)9-7-17-4-2-5-19(31)12-17/h2,4-5,12-16,22-23,25-26,28,34,36H,3,6-11H2,1H3,(H,32,37)/t22-,23?,25+,26+,28+/m1/s1. The molecule has 3 N–H and O–H groups in total. The molecule has 0 saturated carbocycles. The molecule has 0 bridgehead atoms. The van der Waals surface area contributed by atoms with Crippen LogP contribution in [-0.2, 0) is 20.7 Å². The quantitative estimate of drug-likeness (QED) is 0.368. The summed E-state index contributed by atoms with van der Waals surface area (Å²) in [7, 11) is 1.42. The number of amides is 2. The first-order chi connectivity index (χ1) is 19.9. The average Bonchev–Trinajstić information content (AvgIpc) is 3.65. The van der Waals surface area contributed by atoms with Crippen molar-refractivity contribution in [3.8, 4) is 11.5 Å². The van der Waals surface area contributed by atoms with Gasteiger partial charge in [0.2, 0.25) is 5.91 Å². The smallest absolute Gasteiger partial charge is 0.252 e. The Morgan fingerprint density at radius 2 is 2.10 bits per heavy atom.